The van der Waals surface area contributed by atoms with Gasteiger partial charge in [-0.1, -0.05) is 30.3 Å². The smallest absolute Gasteiger partial charge is 0.316 e. The van der Waals surface area contributed by atoms with Crippen molar-refractivity contribution < 1.29 is 19.1 Å². The van der Waals surface area contributed by atoms with Crippen molar-refractivity contribution in [1.29, 1.82) is 0 Å². The quantitative estimate of drug-likeness (QED) is 0.493. The SMILES string of the molecule is COc1ccc(NC(=O)COC(=O)CSc2ccc3ccccc3c2)cc1. The number of fused-ring (bicyclic) bond motifs is 1. The molecule has 0 bridgehead atoms. The van der Waals surface area contributed by atoms with E-state index in [2.05, 4.69) is 5.32 Å². The van der Waals surface area contributed by atoms with Crippen LogP contribution in [0.5, 0.6) is 5.75 Å². The first kappa shape index (κ1) is 18.8. The second-order valence-corrected chi connectivity index (χ2v) is 6.78. The van der Waals surface area contributed by atoms with Crippen molar-refractivity contribution in [3.8, 4) is 5.75 Å². The fourth-order valence-electron chi connectivity index (χ4n) is 2.46. The van der Waals surface area contributed by atoms with Gasteiger partial charge in [0.05, 0.1) is 12.9 Å². The molecule has 0 unspecified atom stereocenters. The summed E-state index contributed by atoms with van der Waals surface area (Å²) in [7, 11) is 1.57. The van der Waals surface area contributed by atoms with Crippen molar-refractivity contribution in [2.45, 2.75) is 4.90 Å². The van der Waals surface area contributed by atoms with Crippen molar-refractivity contribution >= 4 is 40.1 Å². The highest BCUT2D eigenvalue weighted by atomic mass is 32.2. The maximum atomic E-state index is 11.9. The molecule has 6 heteroatoms. The lowest BCUT2D eigenvalue weighted by Crippen LogP contribution is -2.21. The summed E-state index contributed by atoms with van der Waals surface area (Å²) in [5.74, 6) is 0.0288. The van der Waals surface area contributed by atoms with Gasteiger partial charge < -0.3 is 14.8 Å². The Morgan fingerprint density at radius 1 is 0.963 bits per heavy atom. The number of thioether (sulfide) groups is 1. The Morgan fingerprint density at radius 3 is 2.44 bits per heavy atom. The summed E-state index contributed by atoms with van der Waals surface area (Å²) in [4.78, 5) is 24.7. The molecule has 3 aromatic rings. The molecule has 0 saturated heterocycles. The summed E-state index contributed by atoms with van der Waals surface area (Å²) in [5, 5.41) is 4.94. The van der Waals surface area contributed by atoms with Gasteiger partial charge in [0.15, 0.2) is 6.61 Å². The Kier molecular flexibility index (Phi) is 6.33. The zero-order valence-electron chi connectivity index (χ0n) is 14.8. The summed E-state index contributed by atoms with van der Waals surface area (Å²) >= 11 is 1.38. The van der Waals surface area contributed by atoms with Gasteiger partial charge in [-0.2, -0.15) is 0 Å². The minimum Gasteiger partial charge on any atom is -0.497 e. The predicted molar refractivity (Wildman–Crippen MR) is 107 cm³/mol. The second-order valence-electron chi connectivity index (χ2n) is 5.73. The maximum Gasteiger partial charge on any atom is 0.316 e. The third-order valence-corrected chi connectivity index (χ3v) is 4.78. The van der Waals surface area contributed by atoms with Gasteiger partial charge in [-0.15, -0.1) is 11.8 Å². The first-order valence-electron chi connectivity index (χ1n) is 8.35. The van der Waals surface area contributed by atoms with Gasteiger partial charge in [-0.25, -0.2) is 0 Å². The number of methoxy groups -OCH3 is 1. The van der Waals surface area contributed by atoms with E-state index in [1.54, 1.807) is 31.4 Å². The Morgan fingerprint density at radius 2 is 1.70 bits per heavy atom. The van der Waals surface area contributed by atoms with Crippen molar-refractivity contribution in [2.24, 2.45) is 0 Å². The van der Waals surface area contributed by atoms with Crippen LogP contribution in [-0.4, -0.2) is 31.3 Å². The van der Waals surface area contributed by atoms with Gasteiger partial charge in [-0.3, -0.25) is 9.59 Å². The third-order valence-electron chi connectivity index (χ3n) is 3.82. The molecule has 0 aromatic heterocycles. The Labute approximate surface area is 161 Å². The van der Waals surface area contributed by atoms with Crippen molar-refractivity contribution in [3.05, 3.63) is 66.7 Å². The average Bonchev–Trinajstić information content (AvgIpc) is 2.71. The van der Waals surface area contributed by atoms with Crippen LogP contribution in [0.25, 0.3) is 10.8 Å². The number of anilines is 1. The highest BCUT2D eigenvalue weighted by molar-refractivity contribution is 8.00. The lowest BCUT2D eigenvalue weighted by atomic mass is 10.1. The molecular formula is C21H19NO4S. The van der Waals surface area contributed by atoms with Crippen molar-refractivity contribution in [3.63, 3.8) is 0 Å². The maximum absolute atomic E-state index is 11.9. The van der Waals surface area contributed by atoms with Crippen LogP contribution in [0.4, 0.5) is 5.69 Å². The summed E-state index contributed by atoms with van der Waals surface area (Å²) in [6, 6.07) is 21.0. The van der Waals surface area contributed by atoms with Gasteiger partial charge in [-0.05, 0) is 47.2 Å². The molecule has 0 aliphatic rings. The highest BCUT2D eigenvalue weighted by Crippen LogP contribution is 2.23. The van der Waals surface area contributed by atoms with Gasteiger partial charge in [0, 0.05) is 10.6 Å². The number of amides is 1. The van der Waals surface area contributed by atoms with E-state index >= 15 is 0 Å². The standard InChI is InChI=1S/C21H19NO4S/c1-25-18-9-7-17(8-10-18)22-20(23)13-26-21(24)14-27-19-11-6-15-4-2-3-5-16(15)12-19/h2-12H,13-14H2,1H3,(H,22,23). The zero-order valence-corrected chi connectivity index (χ0v) is 15.6. The number of nitrogens with one attached hydrogen (secondary N) is 1. The van der Waals surface area contributed by atoms with Crippen LogP contribution in [0.15, 0.2) is 71.6 Å². The zero-order chi connectivity index (χ0) is 19.1. The first-order chi connectivity index (χ1) is 13.1. The molecule has 0 atom stereocenters. The number of hydrogen-bond acceptors (Lipinski definition) is 5. The number of carbonyl (C=O) groups is 2. The van der Waals surface area contributed by atoms with Gasteiger partial charge in [0.25, 0.3) is 5.91 Å². The molecule has 0 radical (unpaired) electrons. The van der Waals surface area contributed by atoms with Gasteiger partial charge >= 0.3 is 5.97 Å². The monoisotopic (exact) mass is 381 g/mol. The largest absolute Gasteiger partial charge is 0.497 e. The molecule has 3 rings (SSSR count). The minimum absolute atomic E-state index is 0.147. The molecular weight excluding hydrogens is 362 g/mol. The molecule has 0 saturated carbocycles. The molecule has 1 amide bonds. The average molecular weight is 381 g/mol. The van der Waals surface area contributed by atoms with Crippen LogP contribution in [-0.2, 0) is 14.3 Å². The van der Waals surface area contributed by atoms with E-state index in [9.17, 15) is 9.59 Å². The normalized spacial score (nSPS) is 10.4. The lowest BCUT2D eigenvalue weighted by molar-refractivity contribution is -0.144. The Bertz CT molecular complexity index is 940. The second kappa shape index (κ2) is 9.09. The summed E-state index contributed by atoms with van der Waals surface area (Å²) in [6.45, 7) is -0.316. The van der Waals surface area contributed by atoms with Crippen LogP contribution in [0.2, 0.25) is 0 Å². The van der Waals surface area contributed by atoms with E-state index < -0.39 is 5.97 Å². The molecule has 0 aliphatic carbocycles. The molecule has 138 valence electrons. The third kappa shape index (κ3) is 5.49. The topological polar surface area (TPSA) is 64.6 Å². The molecule has 0 spiro atoms. The number of ether oxygens (including phenoxy) is 2. The van der Waals surface area contributed by atoms with E-state index in [0.29, 0.717) is 11.4 Å². The first-order valence-corrected chi connectivity index (χ1v) is 9.34. The molecule has 3 aromatic carbocycles. The molecule has 5 nitrogen and oxygen atoms in total. The van der Waals surface area contributed by atoms with E-state index in [0.717, 1.165) is 15.7 Å². The van der Waals surface area contributed by atoms with E-state index in [-0.39, 0.29) is 18.3 Å². The lowest BCUT2D eigenvalue weighted by Gasteiger charge is -2.07. The molecule has 1 N–H and O–H groups in total. The number of hydrogen-bond donors (Lipinski definition) is 1. The molecule has 0 fully saturated rings. The minimum atomic E-state index is -0.432. The number of esters is 1. The summed E-state index contributed by atoms with van der Waals surface area (Å²) in [5.41, 5.74) is 0.613. The molecule has 27 heavy (non-hydrogen) atoms. The van der Waals surface area contributed by atoms with Crippen LogP contribution < -0.4 is 10.1 Å². The predicted octanol–water partition coefficient (Wildman–Crippen LogP) is 4.12. The molecule has 0 aliphatic heterocycles. The van der Waals surface area contributed by atoms with Crippen molar-refractivity contribution in [2.75, 3.05) is 24.8 Å². The highest BCUT2D eigenvalue weighted by Gasteiger charge is 2.09. The molecule has 0 heterocycles. The van der Waals surface area contributed by atoms with Gasteiger partial charge in [0.2, 0.25) is 0 Å². The van der Waals surface area contributed by atoms with Crippen LogP contribution in [0, 0.1) is 0 Å². The Hall–Kier alpha value is -2.99. The fraction of sp³-hybridized carbons (Fsp3) is 0.143. The van der Waals surface area contributed by atoms with Crippen LogP contribution in [0.3, 0.4) is 0 Å². The number of rotatable bonds is 7. The number of carbonyl (C=O) groups excluding carboxylic acids is 2. The van der Waals surface area contributed by atoms with E-state index in [1.165, 1.54) is 11.8 Å². The van der Waals surface area contributed by atoms with E-state index in [4.69, 9.17) is 9.47 Å². The summed E-state index contributed by atoms with van der Waals surface area (Å²) < 4.78 is 10.1. The van der Waals surface area contributed by atoms with Crippen LogP contribution >= 0.6 is 11.8 Å². The van der Waals surface area contributed by atoms with Crippen LogP contribution in [0.1, 0.15) is 0 Å². The van der Waals surface area contributed by atoms with E-state index in [1.807, 2.05) is 42.5 Å². The number of benzene rings is 3. The van der Waals surface area contributed by atoms with Gasteiger partial charge in [0.1, 0.15) is 5.75 Å². The summed E-state index contributed by atoms with van der Waals surface area (Å²) in [6.07, 6.45) is 0. The Balaban J connectivity index is 1.43. The fourth-order valence-corrected chi connectivity index (χ4v) is 3.20. The van der Waals surface area contributed by atoms with Crippen molar-refractivity contribution in [1.82, 2.24) is 0 Å².